The molecule has 3 N–H and O–H groups in total. The first-order valence-corrected chi connectivity index (χ1v) is 5.48. The molecule has 1 aromatic heterocycles. The average Bonchev–Trinajstić information content (AvgIpc) is 2.35. The van der Waals surface area contributed by atoms with Gasteiger partial charge in [0.1, 0.15) is 0 Å². The van der Waals surface area contributed by atoms with Crippen LogP contribution in [0.3, 0.4) is 0 Å². The monoisotopic (exact) mass is 255 g/mol. The van der Waals surface area contributed by atoms with E-state index in [2.05, 4.69) is 10.4 Å². The van der Waals surface area contributed by atoms with Crippen molar-refractivity contribution in [2.24, 2.45) is 5.84 Å². The molecule has 1 rings (SSSR count). The van der Waals surface area contributed by atoms with Gasteiger partial charge in [0, 0.05) is 26.3 Å². The first kappa shape index (κ1) is 14.3. The highest BCUT2D eigenvalue weighted by atomic mass is 19.1. The van der Waals surface area contributed by atoms with E-state index in [1.54, 1.807) is 7.05 Å². The van der Waals surface area contributed by atoms with Crippen molar-refractivity contribution in [1.29, 1.82) is 0 Å². The number of pyridine rings is 1. The van der Waals surface area contributed by atoms with Crippen LogP contribution in [0.15, 0.2) is 12.3 Å². The van der Waals surface area contributed by atoms with E-state index in [0.29, 0.717) is 13.1 Å². The number of nitrogen functional groups attached to an aromatic ring is 1. The zero-order chi connectivity index (χ0) is 13.7. The summed E-state index contributed by atoms with van der Waals surface area (Å²) in [5.41, 5.74) is 2.07. The van der Waals surface area contributed by atoms with Gasteiger partial charge in [-0.05, 0) is 20.2 Å². The summed E-state index contributed by atoms with van der Waals surface area (Å²) >= 11 is 0. The normalized spacial score (nSPS) is 10.6. The zero-order valence-electron chi connectivity index (χ0n) is 10.8. The summed E-state index contributed by atoms with van der Waals surface area (Å²) in [6, 6.07) is 1.34. The molecule has 0 aliphatic carbocycles. The van der Waals surface area contributed by atoms with Crippen LogP contribution in [0.4, 0.5) is 10.2 Å². The number of amides is 1. The fourth-order valence-corrected chi connectivity index (χ4v) is 1.37. The minimum absolute atomic E-state index is 0.0424. The molecular weight excluding hydrogens is 237 g/mol. The topological polar surface area (TPSA) is 74.5 Å². The number of rotatable bonds is 5. The molecule has 7 heteroatoms. The number of nitrogens with one attached hydrogen (secondary N) is 1. The first-order valence-electron chi connectivity index (χ1n) is 5.48. The second-order valence-electron chi connectivity index (χ2n) is 4.20. The fourth-order valence-electron chi connectivity index (χ4n) is 1.37. The highest BCUT2D eigenvalue weighted by molar-refractivity contribution is 5.95. The fraction of sp³-hybridized carbons (Fsp3) is 0.455. The van der Waals surface area contributed by atoms with E-state index >= 15 is 0 Å². The van der Waals surface area contributed by atoms with Gasteiger partial charge in [-0.3, -0.25) is 4.79 Å². The minimum atomic E-state index is -0.735. The van der Waals surface area contributed by atoms with Crippen molar-refractivity contribution in [1.82, 2.24) is 14.8 Å². The highest BCUT2D eigenvalue weighted by Crippen LogP contribution is 2.15. The van der Waals surface area contributed by atoms with E-state index in [4.69, 9.17) is 5.84 Å². The molecule has 0 aliphatic rings. The molecule has 1 aromatic rings. The summed E-state index contributed by atoms with van der Waals surface area (Å²) in [6.07, 6.45) is 1.34. The summed E-state index contributed by atoms with van der Waals surface area (Å²) < 4.78 is 13.8. The molecule has 0 saturated heterocycles. The van der Waals surface area contributed by atoms with Crippen LogP contribution < -0.4 is 11.3 Å². The summed E-state index contributed by atoms with van der Waals surface area (Å²) in [6.45, 7) is 1.22. The summed E-state index contributed by atoms with van der Waals surface area (Å²) in [4.78, 5) is 19.1. The third-order valence-electron chi connectivity index (χ3n) is 2.49. The SMILES string of the molecule is CN(C)CCN(C)C(=O)c1ccnc(NN)c1F. The average molecular weight is 255 g/mol. The lowest BCUT2D eigenvalue weighted by molar-refractivity contribution is 0.0781. The summed E-state index contributed by atoms with van der Waals surface area (Å²) in [5.74, 6) is 3.84. The number of nitrogens with two attached hydrogens (primary N) is 1. The Bertz CT molecular complexity index is 424. The maximum Gasteiger partial charge on any atom is 0.256 e. The van der Waals surface area contributed by atoms with Crippen LogP contribution >= 0.6 is 0 Å². The molecule has 0 spiro atoms. The number of nitrogens with zero attached hydrogens (tertiary/aromatic N) is 3. The van der Waals surface area contributed by atoms with E-state index in [-0.39, 0.29) is 11.4 Å². The Morgan fingerprint density at radius 2 is 2.11 bits per heavy atom. The number of likely N-dealkylation sites (N-methyl/N-ethyl adjacent to an activating group) is 2. The van der Waals surface area contributed by atoms with Crippen LogP contribution in [-0.2, 0) is 0 Å². The van der Waals surface area contributed by atoms with E-state index in [1.165, 1.54) is 17.2 Å². The van der Waals surface area contributed by atoms with Crippen molar-refractivity contribution >= 4 is 11.7 Å². The van der Waals surface area contributed by atoms with Crippen LogP contribution in [0.25, 0.3) is 0 Å². The number of anilines is 1. The molecule has 0 radical (unpaired) electrons. The second-order valence-corrected chi connectivity index (χ2v) is 4.20. The molecule has 0 saturated carbocycles. The third kappa shape index (κ3) is 3.38. The number of hydrogen-bond donors (Lipinski definition) is 2. The van der Waals surface area contributed by atoms with Crippen molar-refractivity contribution in [3.8, 4) is 0 Å². The van der Waals surface area contributed by atoms with Crippen LogP contribution in [0, 0.1) is 5.82 Å². The number of carbonyl (C=O) groups excluding carboxylic acids is 1. The van der Waals surface area contributed by atoms with E-state index in [9.17, 15) is 9.18 Å². The number of hydrogen-bond acceptors (Lipinski definition) is 5. The molecule has 100 valence electrons. The van der Waals surface area contributed by atoms with Gasteiger partial charge < -0.3 is 15.2 Å². The summed E-state index contributed by atoms with van der Waals surface area (Å²) in [7, 11) is 5.44. The van der Waals surface area contributed by atoms with Crippen molar-refractivity contribution in [2.45, 2.75) is 0 Å². The molecule has 0 fully saturated rings. The van der Waals surface area contributed by atoms with Gasteiger partial charge >= 0.3 is 0 Å². The Hall–Kier alpha value is -1.73. The predicted octanol–water partition coefficient (Wildman–Crippen LogP) is 0.140. The number of hydrazine groups is 1. The predicted molar refractivity (Wildman–Crippen MR) is 67.5 cm³/mol. The molecule has 0 atom stereocenters. The Morgan fingerprint density at radius 1 is 1.44 bits per heavy atom. The van der Waals surface area contributed by atoms with Crippen molar-refractivity contribution in [3.63, 3.8) is 0 Å². The largest absolute Gasteiger partial charge is 0.340 e. The lowest BCUT2D eigenvalue weighted by Crippen LogP contribution is -2.34. The van der Waals surface area contributed by atoms with Crippen molar-refractivity contribution in [3.05, 3.63) is 23.6 Å². The first-order chi connectivity index (χ1) is 8.47. The van der Waals surface area contributed by atoms with Crippen LogP contribution in [0.1, 0.15) is 10.4 Å². The Morgan fingerprint density at radius 3 is 2.67 bits per heavy atom. The van der Waals surface area contributed by atoms with Gasteiger partial charge in [0.2, 0.25) is 0 Å². The molecule has 1 heterocycles. The quantitative estimate of drug-likeness (QED) is 0.578. The van der Waals surface area contributed by atoms with Gasteiger partial charge in [0.05, 0.1) is 5.56 Å². The molecular formula is C11H18FN5O. The molecule has 6 nitrogen and oxygen atoms in total. The maximum atomic E-state index is 13.8. The molecule has 18 heavy (non-hydrogen) atoms. The van der Waals surface area contributed by atoms with Crippen LogP contribution in [0.2, 0.25) is 0 Å². The Balaban J connectivity index is 2.83. The lowest BCUT2D eigenvalue weighted by atomic mass is 10.2. The minimum Gasteiger partial charge on any atom is -0.340 e. The molecule has 0 aliphatic heterocycles. The molecule has 1 amide bonds. The smallest absolute Gasteiger partial charge is 0.256 e. The number of halogens is 1. The second kappa shape index (κ2) is 6.27. The Labute approximate surface area is 106 Å². The van der Waals surface area contributed by atoms with Gasteiger partial charge in [0.15, 0.2) is 11.6 Å². The number of carbonyl (C=O) groups is 1. The van der Waals surface area contributed by atoms with E-state index in [0.717, 1.165) is 0 Å². The maximum absolute atomic E-state index is 13.8. The van der Waals surface area contributed by atoms with Gasteiger partial charge in [-0.1, -0.05) is 0 Å². The van der Waals surface area contributed by atoms with Gasteiger partial charge in [-0.2, -0.15) is 0 Å². The third-order valence-corrected chi connectivity index (χ3v) is 2.49. The van der Waals surface area contributed by atoms with Crippen LogP contribution in [0.5, 0.6) is 0 Å². The summed E-state index contributed by atoms with van der Waals surface area (Å²) in [5, 5.41) is 0. The van der Waals surface area contributed by atoms with Crippen LogP contribution in [-0.4, -0.2) is 54.9 Å². The standard InChI is InChI=1S/C11H18FN5O/c1-16(2)6-7-17(3)11(18)8-4-5-14-10(15-13)9(8)12/h4-5H,6-7,13H2,1-3H3,(H,14,15). The molecule has 0 unspecified atom stereocenters. The zero-order valence-corrected chi connectivity index (χ0v) is 10.8. The van der Waals surface area contributed by atoms with E-state index in [1.807, 2.05) is 19.0 Å². The van der Waals surface area contributed by atoms with E-state index < -0.39 is 11.7 Å². The number of aromatic nitrogens is 1. The Kier molecular flexibility index (Phi) is 4.99. The lowest BCUT2D eigenvalue weighted by Gasteiger charge is -2.20. The molecule has 0 aromatic carbocycles. The molecule has 0 bridgehead atoms. The highest BCUT2D eigenvalue weighted by Gasteiger charge is 2.18. The van der Waals surface area contributed by atoms with Gasteiger partial charge in [0.25, 0.3) is 5.91 Å². The van der Waals surface area contributed by atoms with Crippen molar-refractivity contribution < 1.29 is 9.18 Å². The van der Waals surface area contributed by atoms with Gasteiger partial charge in [-0.25, -0.2) is 15.2 Å². The van der Waals surface area contributed by atoms with Crippen molar-refractivity contribution in [2.75, 3.05) is 39.7 Å². The van der Waals surface area contributed by atoms with Gasteiger partial charge in [-0.15, -0.1) is 0 Å².